The van der Waals surface area contributed by atoms with Crippen molar-refractivity contribution >= 4 is 86.7 Å². The van der Waals surface area contributed by atoms with Gasteiger partial charge in [-0.05, 0) is 82.6 Å². The standard InChI is InChI=1S/C39H27N7S3/c1-39(2)27-14-7-6-12-26(27)33-24(13-8-15-28(33)39)25-19-21-32(38-35(25)43-49-45-38)46(30-17-9-16-29-36(30)44-48-42-29)31-20-18-23(34(40)37(31)41-47)22-10-4-3-5-11-22/h3-21,40,47H,1-2H3/b40-34?,41-37-. The Balaban J connectivity index is 1.28. The Morgan fingerprint density at radius 1 is 0.653 bits per heavy atom. The predicted octanol–water partition coefficient (Wildman–Crippen LogP) is 10.1. The molecule has 0 radical (unpaired) electrons. The second-order valence-electron chi connectivity index (χ2n) is 12.6. The van der Waals surface area contributed by atoms with Crippen molar-refractivity contribution in [2.24, 2.45) is 4.40 Å². The van der Waals surface area contributed by atoms with Crippen LogP contribution in [0.1, 0.15) is 30.5 Å². The molecule has 0 unspecified atom stereocenters. The predicted molar refractivity (Wildman–Crippen MR) is 207 cm³/mol. The molecule has 0 fully saturated rings. The number of anilines is 2. The number of fused-ring (bicyclic) bond motifs is 5. The van der Waals surface area contributed by atoms with Crippen molar-refractivity contribution in [3.63, 3.8) is 0 Å². The van der Waals surface area contributed by atoms with Gasteiger partial charge in [0.15, 0.2) is 0 Å². The van der Waals surface area contributed by atoms with Gasteiger partial charge in [0, 0.05) is 16.6 Å². The third-order valence-electron chi connectivity index (χ3n) is 9.62. The highest BCUT2D eigenvalue weighted by Crippen LogP contribution is 2.53. The molecule has 0 aliphatic heterocycles. The Hall–Kier alpha value is -5.29. The minimum atomic E-state index is -0.120. The number of hydrogen-bond donors (Lipinski definition) is 2. The van der Waals surface area contributed by atoms with Crippen molar-refractivity contribution in [1.82, 2.24) is 17.5 Å². The minimum Gasteiger partial charge on any atom is -0.304 e. The molecule has 0 bridgehead atoms. The summed E-state index contributed by atoms with van der Waals surface area (Å²) in [4.78, 5) is 2.08. The molecular formula is C39H27N7S3. The number of nitrogens with one attached hydrogen (secondary N) is 1. The lowest BCUT2D eigenvalue weighted by atomic mass is 9.82. The van der Waals surface area contributed by atoms with E-state index in [4.69, 9.17) is 13.1 Å². The monoisotopic (exact) mass is 689 g/mol. The van der Waals surface area contributed by atoms with Crippen LogP contribution >= 0.6 is 36.3 Å². The van der Waals surface area contributed by atoms with Gasteiger partial charge in [-0.2, -0.15) is 17.5 Å². The number of rotatable bonds is 5. The lowest BCUT2D eigenvalue weighted by molar-refractivity contribution is 0.660. The zero-order chi connectivity index (χ0) is 33.3. The van der Waals surface area contributed by atoms with E-state index in [0.29, 0.717) is 11.4 Å². The number of thiol groups is 1. The molecule has 9 rings (SSSR count). The zero-order valence-electron chi connectivity index (χ0n) is 26.4. The van der Waals surface area contributed by atoms with E-state index < -0.39 is 0 Å². The van der Waals surface area contributed by atoms with Crippen LogP contribution < -0.4 is 4.90 Å². The van der Waals surface area contributed by atoms with Gasteiger partial charge >= 0.3 is 0 Å². The van der Waals surface area contributed by atoms with Crippen LogP contribution in [0.2, 0.25) is 0 Å². The van der Waals surface area contributed by atoms with Gasteiger partial charge in [-0.1, -0.05) is 92.7 Å². The van der Waals surface area contributed by atoms with Crippen LogP contribution in [0, 0.1) is 5.41 Å². The van der Waals surface area contributed by atoms with E-state index in [1.807, 2.05) is 60.7 Å². The summed E-state index contributed by atoms with van der Waals surface area (Å²) in [6.07, 6.45) is 3.97. The van der Waals surface area contributed by atoms with Crippen molar-refractivity contribution < 1.29 is 0 Å². The van der Waals surface area contributed by atoms with E-state index in [0.717, 1.165) is 55.7 Å². The largest absolute Gasteiger partial charge is 0.304 e. The number of allylic oxidation sites excluding steroid dienone is 4. The molecule has 0 spiro atoms. The molecule has 0 amide bonds. The molecule has 0 saturated heterocycles. The molecule has 0 atom stereocenters. The molecule has 7 nitrogen and oxygen atoms in total. The van der Waals surface area contributed by atoms with Gasteiger partial charge in [0.2, 0.25) is 0 Å². The zero-order valence-corrected chi connectivity index (χ0v) is 28.9. The normalized spacial score (nSPS) is 15.7. The molecule has 2 aromatic heterocycles. The Morgan fingerprint density at radius 3 is 2.20 bits per heavy atom. The number of benzene rings is 5. The van der Waals surface area contributed by atoms with E-state index >= 15 is 0 Å². The van der Waals surface area contributed by atoms with Crippen LogP contribution in [-0.2, 0) is 5.41 Å². The average Bonchev–Trinajstić information content (AvgIpc) is 3.87. The quantitative estimate of drug-likeness (QED) is 0.139. The van der Waals surface area contributed by atoms with Crippen LogP contribution in [0.25, 0.3) is 49.9 Å². The topological polar surface area (TPSA) is 91.0 Å². The average molecular weight is 690 g/mol. The summed E-state index contributed by atoms with van der Waals surface area (Å²) in [6, 6.07) is 35.4. The lowest BCUT2D eigenvalue weighted by Gasteiger charge is -2.31. The number of aromatic nitrogens is 4. The molecule has 2 heterocycles. The van der Waals surface area contributed by atoms with Gasteiger partial charge < -0.3 is 4.90 Å². The van der Waals surface area contributed by atoms with Crippen LogP contribution in [0.15, 0.2) is 125 Å². The van der Waals surface area contributed by atoms with Crippen molar-refractivity contribution in [2.45, 2.75) is 19.3 Å². The van der Waals surface area contributed by atoms with E-state index in [1.165, 1.54) is 45.7 Å². The summed E-state index contributed by atoms with van der Waals surface area (Å²) in [5.41, 5.74) is 14.9. The molecule has 2 aliphatic rings. The fourth-order valence-corrected chi connectivity index (χ4v) is 8.63. The first-order valence-electron chi connectivity index (χ1n) is 15.8. The smallest absolute Gasteiger partial charge is 0.129 e. The van der Waals surface area contributed by atoms with Crippen molar-refractivity contribution in [3.05, 3.63) is 138 Å². The summed E-state index contributed by atoms with van der Waals surface area (Å²) < 4.78 is 23.5. The Kier molecular flexibility index (Phi) is 6.94. The fourth-order valence-electron chi connectivity index (χ4n) is 7.31. The summed E-state index contributed by atoms with van der Waals surface area (Å²) in [5.74, 6) is 0. The SMILES string of the molecule is CC1(C)c2ccccc2-c2c(-c3ccc(N(C4=CC=C(c5ccccc5)C(=N)/C4=N\S)c4cccc5nsnc45)c4nsnc34)cccc21. The summed E-state index contributed by atoms with van der Waals surface area (Å²) in [7, 11) is 0. The van der Waals surface area contributed by atoms with E-state index in [9.17, 15) is 5.41 Å². The first kappa shape index (κ1) is 29.8. The maximum atomic E-state index is 9.30. The third-order valence-corrected chi connectivity index (χ3v) is 10.9. The molecule has 5 aromatic carbocycles. The maximum absolute atomic E-state index is 9.30. The number of hydrogen-bond acceptors (Lipinski definition) is 10. The first-order chi connectivity index (χ1) is 24.0. The molecule has 236 valence electrons. The van der Waals surface area contributed by atoms with E-state index in [2.05, 4.69) is 94.9 Å². The Bertz CT molecular complexity index is 2580. The molecule has 10 heteroatoms. The first-order valence-corrected chi connectivity index (χ1v) is 17.6. The maximum Gasteiger partial charge on any atom is 0.129 e. The van der Waals surface area contributed by atoms with Crippen molar-refractivity contribution in [1.29, 1.82) is 5.41 Å². The second-order valence-corrected chi connectivity index (χ2v) is 13.8. The van der Waals surface area contributed by atoms with Gasteiger partial charge in [0.05, 0.1) is 46.2 Å². The molecule has 1 N–H and O–H groups in total. The highest BCUT2D eigenvalue weighted by Gasteiger charge is 2.37. The molecule has 49 heavy (non-hydrogen) atoms. The molecule has 7 aromatic rings. The van der Waals surface area contributed by atoms with Crippen molar-refractivity contribution in [3.8, 4) is 22.3 Å². The molecule has 0 saturated carbocycles. The van der Waals surface area contributed by atoms with Crippen LogP contribution in [0.5, 0.6) is 0 Å². The van der Waals surface area contributed by atoms with Gasteiger partial charge in [-0.3, -0.25) is 5.41 Å². The minimum absolute atomic E-state index is 0.120. The highest BCUT2D eigenvalue weighted by atomic mass is 32.1. The second kappa shape index (κ2) is 11.4. The van der Waals surface area contributed by atoms with E-state index in [1.54, 1.807) is 0 Å². The van der Waals surface area contributed by atoms with Crippen LogP contribution in [-0.4, -0.2) is 28.9 Å². The summed E-state index contributed by atoms with van der Waals surface area (Å²) in [5, 5.41) is 9.30. The lowest BCUT2D eigenvalue weighted by Crippen LogP contribution is -2.30. The Morgan fingerprint density at radius 2 is 1.35 bits per heavy atom. The summed E-state index contributed by atoms with van der Waals surface area (Å²) >= 11 is 6.78. The van der Waals surface area contributed by atoms with Gasteiger partial charge in [0.25, 0.3) is 0 Å². The third kappa shape index (κ3) is 4.48. The van der Waals surface area contributed by atoms with Crippen LogP contribution in [0.4, 0.5) is 11.4 Å². The molecular weight excluding hydrogens is 663 g/mol. The van der Waals surface area contributed by atoms with Crippen LogP contribution in [0.3, 0.4) is 0 Å². The number of nitrogens with zero attached hydrogens (tertiary/aromatic N) is 6. The fraction of sp³-hybridized carbons (Fsp3) is 0.0769. The van der Waals surface area contributed by atoms with E-state index in [-0.39, 0.29) is 11.1 Å². The van der Waals surface area contributed by atoms with Gasteiger partial charge in [0.1, 0.15) is 27.8 Å². The van der Waals surface area contributed by atoms with Gasteiger partial charge in [-0.15, -0.1) is 0 Å². The van der Waals surface area contributed by atoms with Crippen molar-refractivity contribution in [2.75, 3.05) is 4.90 Å². The van der Waals surface area contributed by atoms with Gasteiger partial charge in [-0.25, -0.2) is 4.40 Å². The molecule has 2 aliphatic carbocycles. The highest BCUT2D eigenvalue weighted by molar-refractivity contribution is 7.79. The summed E-state index contributed by atoms with van der Waals surface area (Å²) in [6.45, 7) is 4.59. The Labute approximate surface area is 296 Å².